The van der Waals surface area contributed by atoms with Crippen LogP contribution in [0.5, 0.6) is 0 Å². The Kier molecular flexibility index (Phi) is 3.93. The number of carbonyl (C=O) groups is 3. The lowest BCUT2D eigenvalue weighted by atomic mass is 9.75. The molecule has 0 saturated carbocycles. The van der Waals surface area contributed by atoms with Gasteiger partial charge < -0.3 is 5.32 Å². The molecule has 158 valence electrons. The number of fused-ring (bicyclic) bond motifs is 7. The Morgan fingerprint density at radius 2 is 1.84 bits per heavy atom. The van der Waals surface area contributed by atoms with Crippen molar-refractivity contribution in [2.75, 3.05) is 11.9 Å². The summed E-state index contributed by atoms with van der Waals surface area (Å²) in [4.78, 5) is 44.6. The smallest absolute Gasteiger partial charge is 0.250 e. The summed E-state index contributed by atoms with van der Waals surface area (Å²) in [5, 5.41) is 3.11. The highest BCUT2D eigenvalue weighted by Gasteiger charge is 2.74. The summed E-state index contributed by atoms with van der Waals surface area (Å²) in [6.07, 6.45) is 2.58. The van der Waals surface area contributed by atoms with Crippen molar-refractivity contribution in [1.82, 2.24) is 9.80 Å². The lowest BCUT2D eigenvalue weighted by Crippen LogP contribution is -2.54. The third-order valence-electron chi connectivity index (χ3n) is 7.77. The zero-order valence-corrected chi connectivity index (χ0v) is 17.5. The van der Waals surface area contributed by atoms with Crippen LogP contribution in [0.3, 0.4) is 0 Å². The first-order valence-electron chi connectivity index (χ1n) is 11.2. The number of hydrogen-bond acceptors (Lipinski definition) is 4. The molecule has 4 aliphatic rings. The second-order valence-electron chi connectivity index (χ2n) is 9.07. The van der Waals surface area contributed by atoms with Gasteiger partial charge in [0.1, 0.15) is 5.54 Å². The number of nitrogens with zero attached hydrogens (tertiary/aromatic N) is 2. The van der Waals surface area contributed by atoms with Crippen molar-refractivity contribution < 1.29 is 14.4 Å². The van der Waals surface area contributed by atoms with Gasteiger partial charge in [0.15, 0.2) is 0 Å². The van der Waals surface area contributed by atoms with E-state index < -0.39 is 17.4 Å². The maximum absolute atomic E-state index is 13.8. The first kappa shape index (κ1) is 18.8. The van der Waals surface area contributed by atoms with Gasteiger partial charge in [0.2, 0.25) is 17.7 Å². The lowest BCUT2D eigenvalue weighted by molar-refractivity contribution is -0.146. The molecule has 4 atom stereocenters. The van der Waals surface area contributed by atoms with Gasteiger partial charge in [-0.3, -0.25) is 24.2 Å². The van der Waals surface area contributed by atoms with E-state index in [4.69, 9.17) is 0 Å². The molecule has 3 saturated heterocycles. The molecule has 6 heteroatoms. The van der Waals surface area contributed by atoms with E-state index in [0.717, 1.165) is 48.2 Å². The second-order valence-corrected chi connectivity index (χ2v) is 9.07. The van der Waals surface area contributed by atoms with Crippen molar-refractivity contribution >= 4 is 23.4 Å². The van der Waals surface area contributed by atoms with Crippen molar-refractivity contribution in [2.45, 2.75) is 44.3 Å². The van der Waals surface area contributed by atoms with Gasteiger partial charge in [0.05, 0.1) is 18.4 Å². The van der Waals surface area contributed by atoms with Crippen LogP contribution in [0.4, 0.5) is 5.69 Å². The third-order valence-corrected chi connectivity index (χ3v) is 7.77. The molecule has 2 aromatic rings. The van der Waals surface area contributed by atoms with E-state index in [-0.39, 0.29) is 30.3 Å². The highest BCUT2D eigenvalue weighted by Crippen LogP contribution is 2.60. The monoisotopic (exact) mass is 415 g/mol. The van der Waals surface area contributed by atoms with Gasteiger partial charge in [0, 0.05) is 17.3 Å². The second kappa shape index (κ2) is 6.50. The van der Waals surface area contributed by atoms with Crippen LogP contribution in [0.1, 0.15) is 36.5 Å². The fraction of sp³-hybridized carbons (Fsp3) is 0.400. The molecular formula is C25H25N3O3. The summed E-state index contributed by atoms with van der Waals surface area (Å²) in [6, 6.07) is 15.5. The van der Waals surface area contributed by atoms with Crippen molar-refractivity contribution in [3.63, 3.8) is 0 Å². The molecular weight excluding hydrogens is 390 g/mol. The number of rotatable bonds is 3. The number of anilines is 1. The lowest BCUT2D eigenvalue weighted by Gasteiger charge is -2.36. The molecule has 6 nitrogen and oxygen atoms in total. The van der Waals surface area contributed by atoms with Gasteiger partial charge >= 0.3 is 0 Å². The average Bonchev–Trinajstić information content (AvgIpc) is 3.49. The first-order valence-corrected chi connectivity index (χ1v) is 11.2. The van der Waals surface area contributed by atoms with Crippen LogP contribution in [0.2, 0.25) is 0 Å². The van der Waals surface area contributed by atoms with Gasteiger partial charge in [-0.1, -0.05) is 55.5 Å². The van der Waals surface area contributed by atoms with Crippen LogP contribution in [-0.2, 0) is 32.9 Å². The molecule has 0 unspecified atom stereocenters. The Morgan fingerprint density at radius 1 is 1.03 bits per heavy atom. The predicted octanol–water partition coefficient (Wildman–Crippen LogP) is 2.68. The van der Waals surface area contributed by atoms with Crippen LogP contribution in [0, 0.1) is 11.8 Å². The molecule has 0 radical (unpaired) electrons. The van der Waals surface area contributed by atoms with E-state index in [1.807, 2.05) is 48.5 Å². The SMILES string of the molecule is CCc1cccc2c1NC(=O)[C@@]21[C@@H]2C(=O)N(Cc3ccccc3)C(=O)[C@@H]2[C@@H]2CCCN21. The largest absolute Gasteiger partial charge is 0.324 e. The van der Waals surface area contributed by atoms with Crippen molar-refractivity contribution in [2.24, 2.45) is 11.8 Å². The molecule has 1 spiro atoms. The number of imide groups is 1. The van der Waals surface area contributed by atoms with Crippen LogP contribution >= 0.6 is 0 Å². The highest BCUT2D eigenvalue weighted by molar-refractivity contribution is 6.15. The molecule has 0 bridgehead atoms. The number of amides is 3. The number of likely N-dealkylation sites (tertiary alicyclic amines) is 1. The number of benzene rings is 2. The number of carbonyl (C=O) groups excluding carboxylic acids is 3. The Bertz CT molecular complexity index is 1110. The molecule has 2 aromatic carbocycles. The van der Waals surface area contributed by atoms with E-state index in [0.29, 0.717) is 0 Å². The summed E-state index contributed by atoms with van der Waals surface area (Å²) >= 11 is 0. The maximum atomic E-state index is 13.8. The molecule has 3 amide bonds. The van der Waals surface area contributed by atoms with Gasteiger partial charge in [-0.25, -0.2) is 0 Å². The molecule has 31 heavy (non-hydrogen) atoms. The Morgan fingerprint density at radius 3 is 2.61 bits per heavy atom. The molecule has 1 N–H and O–H groups in total. The van der Waals surface area contributed by atoms with E-state index in [2.05, 4.69) is 17.1 Å². The molecule has 0 aliphatic carbocycles. The predicted molar refractivity (Wildman–Crippen MR) is 115 cm³/mol. The number of hydrogen-bond donors (Lipinski definition) is 1. The Balaban J connectivity index is 1.50. The summed E-state index contributed by atoms with van der Waals surface area (Å²) in [5.41, 5.74) is 2.62. The summed E-state index contributed by atoms with van der Waals surface area (Å²) in [7, 11) is 0. The van der Waals surface area contributed by atoms with Crippen molar-refractivity contribution in [1.29, 1.82) is 0 Å². The van der Waals surface area contributed by atoms with Crippen LogP contribution in [-0.4, -0.2) is 40.1 Å². The van der Waals surface area contributed by atoms with Gasteiger partial charge in [-0.05, 0) is 36.9 Å². The highest BCUT2D eigenvalue weighted by atomic mass is 16.2. The third kappa shape index (κ3) is 2.23. The maximum Gasteiger partial charge on any atom is 0.250 e. The van der Waals surface area contributed by atoms with E-state index in [1.54, 1.807) is 0 Å². The van der Waals surface area contributed by atoms with Crippen molar-refractivity contribution in [3.8, 4) is 0 Å². The summed E-state index contributed by atoms with van der Waals surface area (Å²) < 4.78 is 0. The molecule has 3 fully saturated rings. The normalized spacial score (nSPS) is 31.3. The zero-order valence-electron chi connectivity index (χ0n) is 17.5. The van der Waals surface area contributed by atoms with Crippen LogP contribution in [0.25, 0.3) is 0 Å². The van der Waals surface area contributed by atoms with Crippen molar-refractivity contribution in [3.05, 3.63) is 65.2 Å². The Hall–Kier alpha value is -2.99. The quantitative estimate of drug-likeness (QED) is 0.783. The van der Waals surface area contributed by atoms with Crippen LogP contribution in [0.15, 0.2) is 48.5 Å². The molecule has 4 aliphatic heterocycles. The standard InChI is InChI=1S/C25H25N3O3/c1-2-16-10-6-11-17-21(16)26-24(31)25(17)20-19(18-12-7-13-28(18)25)22(29)27(23(20)30)14-15-8-4-3-5-9-15/h3-6,8-11,18-20H,2,7,12-14H2,1H3,(H,26,31)/t18-,19+,20-,25-/m0/s1. The van der Waals surface area contributed by atoms with E-state index in [9.17, 15) is 14.4 Å². The van der Waals surface area contributed by atoms with Gasteiger partial charge in [-0.2, -0.15) is 0 Å². The minimum absolute atomic E-state index is 0.0655. The minimum Gasteiger partial charge on any atom is -0.324 e. The number of para-hydroxylation sites is 1. The topological polar surface area (TPSA) is 69.7 Å². The number of nitrogens with one attached hydrogen (secondary N) is 1. The fourth-order valence-electron chi connectivity index (χ4n) is 6.57. The fourth-order valence-corrected chi connectivity index (χ4v) is 6.57. The summed E-state index contributed by atoms with van der Waals surface area (Å²) in [5.74, 6) is -1.60. The van der Waals surface area contributed by atoms with Crippen LogP contribution < -0.4 is 5.32 Å². The van der Waals surface area contributed by atoms with Gasteiger partial charge in [0.25, 0.3) is 0 Å². The minimum atomic E-state index is -1.08. The Labute approximate surface area is 181 Å². The average molecular weight is 415 g/mol. The molecule has 0 aromatic heterocycles. The molecule has 4 heterocycles. The zero-order chi connectivity index (χ0) is 21.3. The van der Waals surface area contributed by atoms with E-state index in [1.165, 1.54) is 4.90 Å². The van der Waals surface area contributed by atoms with E-state index >= 15 is 0 Å². The summed E-state index contributed by atoms with van der Waals surface area (Å²) in [6.45, 7) is 3.06. The number of aryl methyl sites for hydroxylation is 1. The van der Waals surface area contributed by atoms with Gasteiger partial charge in [-0.15, -0.1) is 0 Å². The first-order chi connectivity index (χ1) is 15.1. The molecule has 6 rings (SSSR count).